The van der Waals surface area contributed by atoms with Gasteiger partial charge in [0.05, 0.1) is 5.69 Å². The summed E-state index contributed by atoms with van der Waals surface area (Å²) < 4.78 is 0. The van der Waals surface area contributed by atoms with E-state index in [2.05, 4.69) is 9.97 Å². The topological polar surface area (TPSA) is 51.8 Å². The van der Waals surface area contributed by atoms with Gasteiger partial charge in [-0.15, -0.1) is 11.3 Å². The second kappa shape index (κ2) is 4.30. The van der Waals surface area contributed by atoms with Gasteiger partial charge in [0.1, 0.15) is 5.01 Å². The molecule has 0 spiro atoms. The summed E-state index contributed by atoms with van der Waals surface area (Å²) in [6.45, 7) is 0.670. The van der Waals surface area contributed by atoms with E-state index in [9.17, 15) is 0 Å². The highest BCUT2D eigenvalue weighted by molar-refractivity contribution is 7.15. The molecule has 0 aromatic carbocycles. The molecule has 0 saturated carbocycles. The first-order valence-electron chi connectivity index (χ1n) is 4.46. The molecule has 72 valence electrons. The van der Waals surface area contributed by atoms with E-state index >= 15 is 0 Å². The third-order valence-corrected chi connectivity index (χ3v) is 2.91. The molecule has 0 bridgehead atoms. The van der Waals surface area contributed by atoms with Gasteiger partial charge in [-0.2, -0.15) is 0 Å². The molecule has 0 unspecified atom stereocenters. The normalized spacial score (nSPS) is 10.4. The van der Waals surface area contributed by atoms with E-state index in [1.54, 1.807) is 17.5 Å². The molecule has 0 aliphatic carbocycles. The summed E-state index contributed by atoms with van der Waals surface area (Å²) in [5.74, 6) is 0. The molecule has 0 atom stereocenters. The lowest BCUT2D eigenvalue weighted by Crippen LogP contribution is -2.00. The molecule has 0 radical (unpaired) electrons. The van der Waals surface area contributed by atoms with Crippen LogP contribution in [0.25, 0.3) is 10.7 Å². The summed E-state index contributed by atoms with van der Waals surface area (Å²) in [6, 6.07) is 5.83. The fraction of sp³-hybridized carbons (Fsp3) is 0.200. The minimum atomic E-state index is 0.670. The van der Waals surface area contributed by atoms with Crippen molar-refractivity contribution in [1.29, 1.82) is 0 Å². The average molecular weight is 205 g/mol. The van der Waals surface area contributed by atoms with E-state index in [0.29, 0.717) is 6.54 Å². The predicted octanol–water partition coefficient (Wildman–Crippen LogP) is 1.71. The Kier molecular flexibility index (Phi) is 2.86. The fourth-order valence-corrected chi connectivity index (χ4v) is 2.08. The zero-order valence-corrected chi connectivity index (χ0v) is 8.50. The predicted molar refractivity (Wildman–Crippen MR) is 58.1 cm³/mol. The van der Waals surface area contributed by atoms with Crippen LogP contribution in [0.1, 0.15) is 4.88 Å². The van der Waals surface area contributed by atoms with Gasteiger partial charge in [0.15, 0.2) is 0 Å². The third-order valence-electron chi connectivity index (χ3n) is 1.83. The van der Waals surface area contributed by atoms with Gasteiger partial charge >= 0.3 is 0 Å². The molecule has 2 aromatic rings. The van der Waals surface area contributed by atoms with Gasteiger partial charge in [-0.25, -0.2) is 4.98 Å². The number of nitrogens with two attached hydrogens (primary N) is 1. The number of hydrogen-bond acceptors (Lipinski definition) is 4. The summed E-state index contributed by atoms with van der Waals surface area (Å²) in [7, 11) is 0. The molecular formula is C10H11N3S. The zero-order valence-electron chi connectivity index (χ0n) is 7.68. The number of nitrogens with zero attached hydrogens (tertiary/aromatic N) is 2. The highest BCUT2D eigenvalue weighted by Crippen LogP contribution is 2.22. The smallest absolute Gasteiger partial charge is 0.142 e. The highest BCUT2D eigenvalue weighted by atomic mass is 32.1. The molecule has 4 heteroatoms. The maximum Gasteiger partial charge on any atom is 0.142 e. The minimum Gasteiger partial charge on any atom is -0.330 e. The van der Waals surface area contributed by atoms with E-state index in [4.69, 9.17) is 5.73 Å². The van der Waals surface area contributed by atoms with Crippen LogP contribution in [0, 0.1) is 0 Å². The monoisotopic (exact) mass is 205 g/mol. The Bertz CT molecular complexity index is 397. The lowest BCUT2D eigenvalue weighted by Gasteiger charge is -1.92. The van der Waals surface area contributed by atoms with Crippen molar-refractivity contribution in [3.05, 3.63) is 35.5 Å². The Hall–Kier alpha value is -1.26. The molecule has 14 heavy (non-hydrogen) atoms. The summed E-state index contributed by atoms with van der Waals surface area (Å²) in [6.07, 6.45) is 4.55. The van der Waals surface area contributed by atoms with Gasteiger partial charge < -0.3 is 5.73 Å². The molecule has 0 saturated heterocycles. The van der Waals surface area contributed by atoms with Crippen LogP contribution in [0.2, 0.25) is 0 Å². The van der Waals surface area contributed by atoms with Gasteiger partial charge in [-0.05, 0) is 25.1 Å². The number of pyridine rings is 1. The molecule has 0 fully saturated rings. The van der Waals surface area contributed by atoms with Crippen molar-refractivity contribution in [3.63, 3.8) is 0 Å². The zero-order chi connectivity index (χ0) is 9.80. The first kappa shape index (κ1) is 9.30. The van der Waals surface area contributed by atoms with Crippen molar-refractivity contribution in [1.82, 2.24) is 9.97 Å². The SMILES string of the molecule is NCCc1cnc(-c2ccccn2)s1. The van der Waals surface area contributed by atoms with Gasteiger partial charge in [0.25, 0.3) is 0 Å². The fourth-order valence-electron chi connectivity index (χ4n) is 1.17. The number of hydrogen-bond donors (Lipinski definition) is 1. The lowest BCUT2D eigenvalue weighted by atomic mass is 10.4. The average Bonchev–Trinajstić information content (AvgIpc) is 2.68. The first-order chi connectivity index (χ1) is 6.90. The number of aromatic nitrogens is 2. The molecule has 0 aliphatic rings. The molecule has 2 heterocycles. The molecule has 0 aliphatic heterocycles. The van der Waals surface area contributed by atoms with Crippen LogP contribution < -0.4 is 5.73 Å². The van der Waals surface area contributed by atoms with E-state index in [1.165, 1.54) is 4.88 Å². The Labute approximate surface area is 86.6 Å². The Morgan fingerprint density at radius 1 is 1.29 bits per heavy atom. The van der Waals surface area contributed by atoms with E-state index < -0.39 is 0 Å². The largest absolute Gasteiger partial charge is 0.330 e. The summed E-state index contributed by atoms with van der Waals surface area (Å²) in [5, 5.41) is 0.967. The number of rotatable bonds is 3. The summed E-state index contributed by atoms with van der Waals surface area (Å²) in [5.41, 5.74) is 6.40. The van der Waals surface area contributed by atoms with Gasteiger partial charge in [-0.3, -0.25) is 4.98 Å². The molecule has 2 N–H and O–H groups in total. The first-order valence-corrected chi connectivity index (χ1v) is 5.28. The molecule has 0 amide bonds. The van der Waals surface area contributed by atoms with Crippen LogP contribution in [-0.4, -0.2) is 16.5 Å². The number of thiazole rings is 1. The molecular weight excluding hydrogens is 194 g/mol. The van der Waals surface area contributed by atoms with Gasteiger partial charge in [-0.1, -0.05) is 6.07 Å². The van der Waals surface area contributed by atoms with Crippen molar-refractivity contribution in [2.45, 2.75) is 6.42 Å². The van der Waals surface area contributed by atoms with Crippen molar-refractivity contribution >= 4 is 11.3 Å². The maximum atomic E-state index is 5.47. The van der Waals surface area contributed by atoms with E-state index in [-0.39, 0.29) is 0 Å². The Balaban J connectivity index is 2.25. The van der Waals surface area contributed by atoms with Crippen LogP contribution in [-0.2, 0) is 6.42 Å². The lowest BCUT2D eigenvalue weighted by molar-refractivity contribution is 0.984. The molecule has 3 nitrogen and oxygen atoms in total. The second-order valence-corrected chi connectivity index (χ2v) is 4.00. The van der Waals surface area contributed by atoms with Crippen molar-refractivity contribution in [3.8, 4) is 10.7 Å². The van der Waals surface area contributed by atoms with Crippen LogP contribution in [0.5, 0.6) is 0 Å². The minimum absolute atomic E-state index is 0.670. The Morgan fingerprint density at radius 2 is 2.21 bits per heavy atom. The van der Waals surface area contributed by atoms with Crippen LogP contribution in [0.4, 0.5) is 0 Å². The second-order valence-electron chi connectivity index (χ2n) is 2.89. The van der Waals surface area contributed by atoms with E-state index in [0.717, 1.165) is 17.1 Å². The highest BCUT2D eigenvalue weighted by Gasteiger charge is 2.03. The third kappa shape index (κ3) is 1.97. The molecule has 2 rings (SSSR count). The summed E-state index contributed by atoms with van der Waals surface area (Å²) in [4.78, 5) is 9.76. The van der Waals surface area contributed by atoms with Crippen LogP contribution in [0.3, 0.4) is 0 Å². The Morgan fingerprint density at radius 3 is 2.93 bits per heavy atom. The van der Waals surface area contributed by atoms with Crippen molar-refractivity contribution in [2.75, 3.05) is 6.54 Å². The van der Waals surface area contributed by atoms with Crippen LogP contribution in [0.15, 0.2) is 30.6 Å². The van der Waals surface area contributed by atoms with Gasteiger partial charge in [0.2, 0.25) is 0 Å². The van der Waals surface area contributed by atoms with E-state index in [1.807, 2.05) is 24.4 Å². The van der Waals surface area contributed by atoms with Crippen molar-refractivity contribution < 1.29 is 0 Å². The summed E-state index contributed by atoms with van der Waals surface area (Å²) >= 11 is 1.66. The van der Waals surface area contributed by atoms with Crippen LogP contribution >= 0.6 is 11.3 Å². The quantitative estimate of drug-likeness (QED) is 0.829. The standard InChI is InChI=1S/C10H11N3S/c11-5-4-8-7-13-10(14-8)9-3-1-2-6-12-9/h1-3,6-7H,4-5,11H2. The van der Waals surface area contributed by atoms with Crippen molar-refractivity contribution in [2.24, 2.45) is 5.73 Å². The maximum absolute atomic E-state index is 5.47. The molecule has 2 aromatic heterocycles. The van der Waals surface area contributed by atoms with Gasteiger partial charge in [0, 0.05) is 17.3 Å².